The summed E-state index contributed by atoms with van der Waals surface area (Å²) in [6.45, 7) is 3.83. The van der Waals surface area contributed by atoms with Crippen LogP contribution in [0.1, 0.15) is 63.9 Å². The number of likely N-dealkylation sites (N-methyl/N-ethyl adjacent to an activating group) is 1. The zero-order chi connectivity index (χ0) is 24.3. The van der Waals surface area contributed by atoms with Crippen molar-refractivity contribution in [1.82, 2.24) is 14.5 Å². The molecule has 1 aromatic rings. The number of carbonyl (C=O) groups excluding carboxylic acids is 2. The van der Waals surface area contributed by atoms with Crippen molar-refractivity contribution in [3.63, 3.8) is 0 Å². The zero-order valence-corrected chi connectivity index (χ0v) is 21.3. The SMILES string of the molecule is CC(=O)N1c2ccc(S(=O)(=O)N3CCCCC3)cc2C[C@H]1C(=O)NCCN(C)C1CCCCC1. The van der Waals surface area contributed by atoms with Gasteiger partial charge < -0.3 is 10.2 Å². The number of nitrogens with zero attached hydrogens (tertiary/aromatic N) is 3. The van der Waals surface area contributed by atoms with E-state index in [-0.39, 0.29) is 16.7 Å². The summed E-state index contributed by atoms with van der Waals surface area (Å²) in [5.74, 6) is -0.409. The highest BCUT2D eigenvalue weighted by Crippen LogP contribution is 2.35. The molecule has 34 heavy (non-hydrogen) atoms. The number of carbonyl (C=O) groups is 2. The number of nitrogens with one attached hydrogen (secondary N) is 1. The van der Waals surface area contributed by atoms with Crippen molar-refractivity contribution >= 4 is 27.5 Å². The lowest BCUT2D eigenvalue weighted by molar-refractivity contribution is -0.125. The van der Waals surface area contributed by atoms with Gasteiger partial charge in [0.25, 0.3) is 0 Å². The van der Waals surface area contributed by atoms with Gasteiger partial charge in [0, 0.05) is 51.3 Å². The van der Waals surface area contributed by atoms with Crippen LogP contribution >= 0.6 is 0 Å². The number of sulfonamides is 1. The number of amides is 2. The lowest BCUT2D eigenvalue weighted by Gasteiger charge is -2.31. The lowest BCUT2D eigenvalue weighted by atomic mass is 9.94. The number of anilines is 1. The first kappa shape index (κ1) is 25.1. The number of benzene rings is 1. The normalized spacial score (nSPS) is 22.1. The van der Waals surface area contributed by atoms with E-state index in [1.54, 1.807) is 22.5 Å². The molecule has 2 aliphatic heterocycles. The molecular weight excluding hydrogens is 452 g/mol. The maximum absolute atomic E-state index is 13.1. The van der Waals surface area contributed by atoms with Crippen molar-refractivity contribution in [1.29, 1.82) is 0 Å². The van der Waals surface area contributed by atoms with Crippen LogP contribution < -0.4 is 10.2 Å². The third kappa shape index (κ3) is 5.31. The molecule has 0 unspecified atom stereocenters. The summed E-state index contributed by atoms with van der Waals surface area (Å²) in [6, 6.07) is 4.82. The average Bonchev–Trinajstić information content (AvgIpc) is 3.24. The van der Waals surface area contributed by atoms with E-state index in [1.165, 1.54) is 43.9 Å². The van der Waals surface area contributed by atoms with Crippen molar-refractivity contribution in [3.8, 4) is 0 Å². The molecule has 2 fully saturated rings. The van der Waals surface area contributed by atoms with Crippen LogP contribution in [-0.2, 0) is 26.0 Å². The van der Waals surface area contributed by atoms with Crippen LogP contribution in [0.25, 0.3) is 0 Å². The van der Waals surface area contributed by atoms with Gasteiger partial charge in [-0.2, -0.15) is 4.31 Å². The third-order valence-corrected chi connectivity index (χ3v) is 9.49. The van der Waals surface area contributed by atoms with Gasteiger partial charge in [-0.1, -0.05) is 25.7 Å². The highest BCUT2D eigenvalue weighted by molar-refractivity contribution is 7.89. The predicted molar refractivity (Wildman–Crippen MR) is 132 cm³/mol. The first-order valence-corrected chi connectivity index (χ1v) is 14.1. The number of hydrogen-bond donors (Lipinski definition) is 1. The quantitative estimate of drug-likeness (QED) is 0.634. The molecule has 0 spiro atoms. The van der Waals surface area contributed by atoms with Crippen LogP contribution in [-0.4, -0.2) is 74.7 Å². The molecule has 8 nitrogen and oxygen atoms in total. The summed E-state index contributed by atoms with van der Waals surface area (Å²) in [7, 11) is -1.46. The minimum Gasteiger partial charge on any atom is -0.353 e. The van der Waals surface area contributed by atoms with E-state index >= 15 is 0 Å². The Labute approximate surface area is 203 Å². The van der Waals surface area contributed by atoms with E-state index in [0.717, 1.165) is 31.4 Å². The van der Waals surface area contributed by atoms with E-state index in [2.05, 4.69) is 17.3 Å². The van der Waals surface area contributed by atoms with Crippen LogP contribution in [0.3, 0.4) is 0 Å². The van der Waals surface area contributed by atoms with Gasteiger partial charge in [0.05, 0.1) is 4.90 Å². The number of piperidine rings is 1. The van der Waals surface area contributed by atoms with Crippen LogP contribution in [0.4, 0.5) is 5.69 Å². The molecule has 9 heteroatoms. The standard InChI is InChI=1S/C25H38N4O4S/c1-19(30)29-23-12-11-22(34(32,33)28-14-7-4-8-15-28)17-20(23)18-24(29)25(31)26-13-16-27(2)21-9-5-3-6-10-21/h11-12,17,21,24H,3-10,13-16,18H2,1-2H3,(H,26,31)/t24-/m0/s1. The highest BCUT2D eigenvalue weighted by atomic mass is 32.2. The minimum atomic E-state index is -3.57. The molecule has 1 atom stereocenters. The first-order valence-electron chi connectivity index (χ1n) is 12.7. The Kier molecular flexibility index (Phi) is 7.94. The second kappa shape index (κ2) is 10.7. The molecule has 1 aliphatic carbocycles. The Morgan fingerprint density at radius 1 is 1.06 bits per heavy atom. The van der Waals surface area contributed by atoms with Crippen molar-refractivity contribution in [2.24, 2.45) is 0 Å². The van der Waals surface area contributed by atoms with Crippen LogP contribution in [0.15, 0.2) is 23.1 Å². The van der Waals surface area contributed by atoms with Crippen molar-refractivity contribution < 1.29 is 18.0 Å². The molecular formula is C25H38N4O4S. The Balaban J connectivity index is 1.42. The summed E-state index contributed by atoms with van der Waals surface area (Å²) >= 11 is 0. The van der Waals surface area contributed by atoms with Crippen LogP contribution in [0.2, 0.25) is 0 Å². The highest BCUT2D eigenvalue weighted by Gasteiger charge is 2.38. The summed E-state index contributed by atoms with van der Waals surface area (Å²) < 4.78 is 27.8. The van der Waals surface area contributed by atoms with E-state index in [4.69, 9.17) is 0 Å². The second-order valence-corrected chi connectivity index (χ2v) is 11.9. The maximum Gasteiger partial charge on any atom is 0.243 e. The van der Waals surface area contributed by atoms with Crippen molar-refractivity contribution in [2.45, 2.75) is 81.7 Å². The molecule has 2 heterocycles. The van der Waals surface area contributed by atoms with Gasteiger partial charge in [0.15, 0.2) is 0 Å². The topological polar surface area (TPSA) is 90.0 Å². The molecule has 1 saturated carbocycles. The lowest BCUT2D eigenvalue weighted by Crippen LogP contribution is -2.49. The Morgan fingerprint density at radius 2 is 1.74 bits per heavy atom. The monoisotopic (exact) mass is 490 g/mol. The second-order valence-electron chi connectivity index (χ2n) is 9.93. The Hall–Kier alpha value is -1.97. The number of rotatable bonds is 7. The fourth-order valence-electron chi connectivity index (χ4n) is 5.62. The van der Waals surface area contributed by atoms with E-state index in [0.29, 0.717) is 37.8 Å². The molecule has 1 N–H and O–H groups in total. The first-order chi connectivity index (χ1) is 16.3. The fraction of sp³-hybridized carbons (Fsp3) is 0.680. The van der Waals surface area contributed by atoms with Gasteiger partial charge in [-0.25, -0.2) is 8.42 Å². The van der Waals surface area contributed by atoms with Gasteiger partial charge in [-0.3, -0.25) is 14.5 Å². The van der Waals surface area contributed by atoms with Crippen molar-refractivity contribution in [3.05, 3.63) is 23.8 Å². The molecule has 0 radical (unpaired) electrons. The largest absolute Gasteiger partial charge is 0.353 e. The summed E-state index contributed by atoms with van der Waals surface area (Å²) in [5.41, 5.74) is 1.36. The van der Waals surface area contributed by atoms with Crippen LogP contribution in [0.5, 0.6) is 0 Å². The molecule has 2 amide bonds. The zero-order valence-electron chi connectivity index (χ0n) is 20.5. The maximum atomic E-state index is 13.1. The van der Waals surface area contributed by atoms with Gasteiger partial charge in [0.1, 0.15) is 6.04 Å². The van der Waals surface area contributed by atoms with Crippen LogP contribution in [0, 0.1) is 0 Å². The fourth-order valence-corrected chi connectivity index (χ4v) is 7.19. The molecule has 3 aliphatic rings. The molecule has 1 aromatic carbocycles. The van der Waals surface area contributed by atoms with Gasteiger partial charge in [-0.15, -0.1) is 0 Å². The molecule has 0 bridgehead atoms. The Bertz CT molecular complexity index is 1000. The van der Waals surface area contributed by atoms with Crippen molar-refractivity contribution in [2.75, 3.05) is 38.1 Å². The molecule has 1 saturated heterocycles. The van der Waals surface area contributed by atoms with E-state index < -0.39 is 16.1 Å². The predicted octanol–water partition coefficient (Wildman–Crippen LogP) is 2.52. The van der Waals surface area contributed by atoms with E-state index in [1.807, 2.05) is 0 Å². The van der Waals surface area contributed by atoms with Gasteiger partial charge in [0.2, 0.25) is 21.8 Å². The number of fused-ring (bicyclic) bond motifs is 1. The Morgan fingerprint density at radius 3 is 2.41 bits per heavy atom. The average molecular weight is 491 g/mol. The molecule has 4 rings (SSSR count). The smallest absolute Gasteiger partial charge is 0.243 e. The summed E-state index contributed by atoms with van der Waals surface area (Å²) in [5, 5.41) is 3.01. The number of hydrogen-bond acceptors (Lipinski definition) is 5. The van der Waals surface area contributed by atoms with E-state index in [9.17, 15) is 18.0 Å². The van der Waals surface area contributed by atoms with Gasteiger partial charge in [-0.05, 0) is 56.5 Å². The van der Waals surface area contributed by atoms with Gasteiger partial charge >= 0.3 is 0 Å². The third-order valence-electron chi connectivity index (χ3n) is 7.59. The minimum absolute atomic E-state index is 0.191. The summed E-state index contributed by atoms with van der Waals surface area (Å²) in [6.07, 6.45) is 9.40. The molecule has 188 valence electrons. The molecule has 0 aromatic heterocycles. The summed E-state index contributed by atoms with van der Waals surface area (Å²) in [4.78, 5) is 29.6.